The van der Waals surface area contributed by atoms with Crippen molar-refractivity contribution >= 4 is 23.4 Å². The van der Waals surface area contributed by atoms with E-state index >= 15 is 0 Å². The minimum Gasteiger partial charge on any atom is -0.378 e. The van der Waals surface area contributed by atoms with E-state index in [4.69, 9.17) is 26.1 Å². The minimum atomic E-state index is 0.366. The van der Waals surface area contributed by atoms with Crippen LogP contribution in [0.1, 0.15) is 5.56 Å². The van der Waals surface area contributed by atoms with Crippen LogP contribution in [0, 0.1) is 0 Å². The molecule has 4 heterocycles. The van der Waals surface area contributed by atoms with E-state index in [-0.39, 0.29) is 0 Å². The Bertz CT molecular complexity index is 521. The van der Waals surface area contributed by atoms with Crippen LogP contribution in [0.2, 0.25) is 5.15 Å². The van der Waals surface area contributed by atoms with Gasteiger partial charge in [0, 0.05) is 31.6 Å². The zero-order chi connectivity index (χ0) is 13.5. The molecule has 2 saturated heterocycles. The van der Waals surface area contributed by atoms with Crippen LogP contribution in [-0.4, -0.2) is 62.1 Å². The number of aromatic nitrogens is 2. The summed E-state index contributed by atoms with van der Waals surface area (Å²) in [6.45, 7) is 5.47. The molecule has 0 radical (unpaired) electrons. The molecular weight excluding hydrogens is 280 g/mol. The summed E-state index contributed by atoms with van der Waals surface area (Å²) in [7, 11) is 0. The van der Waals surface area contributed by atoms with Crippen molar-refractivity contribution in [2.75, 3.05) is 55.9 Å². The number of hydrogen-bond donors (Lipinski definition) is 0. The summed E-state index contributed by atoms with van der Waals surface area (Å²) < 4.78 is 10.9. The number of ether oxygens (including phenoxy) is 2. The van der Waals surface area contributed by atoms with E-state index in [1.165, 1.54) is 0 Å². The van der Waals surface area contributed by atoms with Crippen molar-refractivity contribution in [1.82, 2.24) is 9.97 Å². The van der Waals surface area contributed by atoms with Crippen molar-refractivity contribution in [2.24, 2.45) is 0 Å². The van der Waals surface area contributed by atoms with E-state index in [2.05, 4.69) is 14.8 Å². The Morgan fingerprint density at radius 1 is 1.05 bits per heavy atom. The highest BCUT2D eigenvalue weighted by Crippen LogP contribution is 2.37. The molecule has 0 aromatic carbocycles. The lowest BCUT2D eigenvalue weighted by atomic mass is 10.2. The molecule has 0 spiro atoms. The molecule has 0 aliphatic carbocycles. The van der Waals surface area contributed by atoms with Crippen molar-refractivity contribution < 1.29 is 9.47 Å². The fourth-order valence-electron chi connectivity index (χ4n) is 3.09. The molecule has 1 atom stereocenters. The molecular formula is C13H17ClN4O2. The first-order chi connectivity index (χ1) is 9.83. The topological polar surface area (TPSA) is 50.7 Å². The Morgan fingerprint density at radius 3 is 2.70 bits per heavy atom. The van der Waals surface area contributed by atoms with Gasteiger partial charge in [-0.05, 0) is 0 Å². The number of halogens is 1. The third-order valence-corrected chi connectivity index (χ3v) is 4.47. The first-order valence-corrected chi connectivity index (χ1v) is 7.44. The minimum absolute atomic E-state index is 0.366. The summed E-state index contributed by atoms with van der Waals surface area (Å²) in [5.74, 6) is 1.73. The van der Waals surface area contributed by atoms with E-state index in [1.807, 2.05) is 0 Å². The molecule has 0 saturated carbocycles. The SMILES string of the molecule is Clc1nc(N2CCOCC2)nc2c1CC1COCCN21. The standard InChI is InChI=1S/C13H17ClN4O2/c14-11-10-7-9-8-20-6-3-18(9)12(10)16-13(15-11)17-1-4-19-5-2-17/h9H,1-8H2. The van der Waals surface area contributed by atoms with Crippen LogP contribution in [-0.2, 0) is 15.9 Å². The molecule has 7 heteroatoms. The fourth-order valence-corrected chi connectivity index (χ4v) is 3.33. The van der Waals surface area contributed by atoms with Gasteiger partial charge in [-0.15, -0.1) is 0 Å². The molecule has 1 aromatic rings. The maximum atomic E-state index is 6.38. The number of anilines is 2. The van der Waals surface area contributed by atoms with Crippen LogP contribution >= 0.6 is 11.6 Å². The predicted octanol–water partition coefficient (Wildman–Crippen LogP) is 0.728. The Hall–Kier alpha value is -1.11. The van der Waals surface area contributed by atoms with Crippen LogP contribution in [0.25, 0.3) is 0 Å². The summed E-state index contributed by atoms with van der Waals surface area (Å²) in [6.07, 6.45) is 0.886. The van der Waals surface area contributed by atoms with Crippen molar-refractivity contribution in [2.45, 2.75) is 12.5 Å². The second-order valence-corrected chi connectivity index (χ2v) is 5.70. The second-order valence-electron chi connectivity index (χ2n) is 5.34. The Labute approximate surface area is 122 Å². The van der Waals surface area contributed by atoms with E-state index in [0.717, 1.165) is 69.8 Å². The molecule has 3 aliphatic rings. The molecule has 0 bridgehead atoms. The summed E-state index contributed by atoms with van der Waals surface area (Å²) in [5, 5.41) is 0.589. The second kappa shape index (κ2) is 5.02. The van der Waals surface area contributed by atoms with Gasteiger partial charge >= 0.3 is 0 Å². The van der Waals surface area contributed by atoms with Crippen LogP contribution in [0.3, 0.4) is 0 Å². The number of rotatable bonds is 1. The van der Waals surface area contributed by atoms with Crippen LogP contribution in [0.4, 0.5) is 11.8 Å². The zero-order valence-electron chi connectivity index (χ0n) is 11.2. The number of fused-ring (bicyclic) bond motifs is 3. The van der Waals surface area contributed by atoms with Crippen LogP contribution in [0.15, 0.2) is 0 Å². The smallest absolute Gasteiger partial charge is 0.228 e. The lowest BCUT2D eigenvalue weighted by Crippen LogP contribution is -2.43. The molecule has 4 rings (SSSR count). The van der Waals surface area contributed by atoms with E-state index < -0.39 is 0 Å². The van der Waals surface area contributed by atoms with E-state index in [9.17, 15) is 0 Å². The monoisotopic (exact) mass is 296 g/mol. The molecule has 108 valence electrons. The Morgan fingerprint density at radius 2 is 1.85 bits per heavy atom. The average Bonchev–Trinajstić information content (AvgIpc) is 2.88. The quantitative estimate of drug-likeness (QED) is 0.712. The van der Waals surface area contributed by atoms with Gasteiger partial charge in [0.25, 0.3) is 0 Å². The summed E-state index contributed by atoms with van der Waals surface area (Å²) in [6, 6.07) is 0.366. The van der Waals surface area contributed by atoms with E-state index in [0.29, 0.717) is 11.2 Å². The fraction of sp³-hybridized carbons (Fsp3) is 0.692. The van der Waals surface area contributed by atoms with Gasteiger partial charge < -0.3 is 19.3 Å². The molecule has 2 fully saturated rings. The molecule has 0 amide bonds. The van der Waals surface area contributed by atoms with Gasteiger partial charge in [-0.2, -0.15) is 4.98 Å². The van der Waals surface area contributed by atoms with Gasteiger partial charge in [0.2, 0.25) is 5.95 Å². The van der Waals surface area contributed by atoms with Gasteiger partial charge in [-0.25, -0.2) is 4.98 Å². The predicted molar refractivity (Wildman–Crippen MR) is 75.7 cm³/mol. The third-order valence-electron chi connectivity index (χ3n) is 4.16. The summed E-state index contributed by atoms with van der Waals surface area (Å²) in [5.41, 5.74) is 1.07. The Kier molecular flexibility index (Phi) is 3.17. The van der Waals surface area contributed by atoms with Gasteiger partial charge in [0.05, 0.1) is 32.5 Å². The summed E-state index contributed by atoms with van der Waals surface area (Å²) in [4.78, 5) is 13.7. The van der Waals surface area contributed by atoms with Crippen molar-refractivity contribution in [1.29, 1.82) is 0 Å². The normalized spacial score (nSPS) is 25.6. The molecule has 1 unspecified atom stereocenters. The Balaban J connectivity index is 1.69. The van der Waals surface area contributed by atoms with Crippen molar-refractivity contribution in [3.8, 4) is 0 Å². The van der Waals surface area contributed by atoms with Gasteiger partial charge in [-0.3, -0.25) is 0 Å². The zero-order valence-corrected chi connectivity index (χ0v) is 12.0. The lowest BCUT2D eigenvalue weighted by molar-refractivity contribution is 0.0974. The maximum Gasteiger partial charge on any atom is 0.228 e. The van der Waals surface area contributed by atoms with Crippen molar-refractivity contribution in [3.05, 3.63) is 10.7 Å². The third kappa shape index (κ3) is 2.03. The highest BCUT2D eigenvalue weighted by molar-refractivity contribution is 6.30. The number of hydrogen-bond acceptors (Lipinski definition) is 6. The molecule has 20 heavy (non-hydrogen) atoms. The first-order valence-electron chi connectivity index (χ1n) is 7.06. The summed E-state index contributed by atoms with van der Waals surface area (Å²) >= 11 is 6.38. The number of nitrogens with zero attached hydrogens (tertiary/aromatic N) is 4. The number of morpholine rings is 2. The molecule has 6 nitrogen and oxygen atoms in total. The maximum absolute atomic E-state index is 6.38. The highest BCUT2D eigenvalue weighted by atomic mass is 35.5. The molecule has 3 aliphatic heterocycles. The average molecular weight is 297 g/mol. The van der Waals surface area contributed by atoms with E-state index in [1.54, 1.807) is 0 Å². The van der Waals surface area contributed by atoms with Gasteiger partial charge in [0.15, 0.2) is 0 Å². The molecule has 1 aromatic heterocycles. The lowest BCUT2D eigenvalue weighted by Gasteiger charge is -2.32. The van der Waals surface area contributed by atoms with Crippen LogP contribution in [0.5, 0.6) is 0 Å². The van der Waals surface area contributed by atoms with Crippen molar-refractivity contribution in [3.63, 3.8) is 0 Å². The van der Waals surface area contributed by atoms with Gasteiger partial charge in [-0.1, -0.05) is 11.6 Å². The largest absolute Gasteiger partial charge is 0.378 e. The van der Waals surface area contributed by atoms with Gasteiger partial charge in [0.1, 0.15) is 11.0 Å². The molecule has 0 N–H and O–H groups in total. The first kappa shape index (κ1) is 12.6. The van der Waals surface area contributed by atoms with Crippen LogP contribution < -0.4 is 9.80 Å². The highest BCUT2D eigenvalue weighted by Gasteiger charge is 2.36.